The van der Waals surface area contributed by atoms with Crippen molar-refractivity contribution in [1.29, 1.82) is 0 Å². The van der Waals surface area contributed by atoms with Crippen LogP contribution >= 0.6 is 0 Å². The standard InChI is InChI=1S/C18H22N6O2S/c1-12-6-9-24(10-7-12)17-15-5-8-20-16(15)22-18(23-17)21-13-3-2-4-14(11-13)27(19,25)26/h2-5,8,11-12H,6-7,9-10H2,1H3,(H2,19,25,26)(H2,20,21,22,23). The summed E-state index contributed by atoms with van der Waals surface area (Å²) in [7, 11) is -3.77. The molecule has 0 spiro atoms. The van der Waals surface area contributed by atoms with Gasteiger partial charge >= 0.3 is 0 Å². The number of anilines is 3. The number of nitrogens with zero attached hydrogens (tertiary/aromatic N) is 3. The van der Waals surface area contributed by atoms with E-state index in [0.29, 0.717) is 11.6 Å². The van der Waals surface area contributed by atoms with Crippen molar-refractivity contribution >= 4 is 38.5 Å². The molecular formula is C18H22N6O2S. The molecule has 1 aliphatic heterocycles. The first-order valence-electron chi connectivity index (χ1n) is 8.90. The van der Waals surface area contributed by atoms with Crippen LogP contribution in [0.3, 0.4) is 0 Å². The second kappa shape index (κ2) is 6.82. The van der Waals surface area contributed by atoms with Gasteiger partial charge in [0.1, 0.15) is 11.5 Å². The summed E-state index contributed by atoms with van der Waals surface area (Å²) < 4.78 is 23.1. The first kappa shape index (κ1) is 17.7. The number of hydrogen-bond acceptors (Lipinski definition) is 6. The van der Waals surface area contributed by atoms with Gasteiger partial charge in [-0.3, -0.25) is 0 Å². The SMILES string of the molecule is CC1CCN(c2nc(Nc3cccc(S(N)(=O)=O)c3)nc3[nH]ccc23)CC1. The molecule has 1 saturated heterocycles. The van der Waals surface area contributed by atoms with Crippen molar-refractivity contribution in [3.05, 3.63) is 36.5 Å². The number of sulfonamides is 1. The molecule has 0 atom stereocenters. The molecule has 0 saturated carbocycles. The normalized spacial score (nSPS) is 16.0. The quantitative estimate of drug-likeness (QED) is 0.634. The fourth-order valence-corrected chi connectivity index (χ4v) is 3.88. The van der Waals surface area contributed by atoms with Crippen molar-refractivity contribution in [2.24, 2.45) is 11.1 Å². The molecule has 142 valence electrons. The lowest BCUT2D eigenvalue weighted by atomic mass is 9.99. The number of nitrogens with one attached hydrogen (secondary N) is 2. The Morgan fingerprint density at radius 1 is 1.22 bits per heavy atom. The molecule has 3 aromatic rings. The number of piperidine rings is 1. The lowest BCUT2D eigenvalue weighted by Crippen LogP contribution is -2.33. The zero-order valence-corrected chi connectivity index (χ0v) is 15.8. The van der Waals surface area contributed by atoms with Gasteiger partial charge in [0.15, 0.2) is 0 Å². The minimum absolute atomic E-state index is 0.0405. The molecule has 1 aromatic carbocycles. The number of nitrogens with two attached hydrogens (primary N) is 1. The third-order valence-corrected chi connectivity index (χ3v) is 5.81. The van der Waals surface area contributed by atoms with E-state index in [1.165, 1.54) is 12.1 Å². The van der Waals surface area contributed by atoms with Crippen molar-refractivity contribution < 1.29 is 8.42 Å². The fourth-order valence-electron chi connectivity index (χ4n) is 3.32. The number of aromatic amines is 1. The van der Waals surface area contributed by atoms with Crippen LogP contribution in [0.4, 0.5) is 17.5 Å². The second-order valence-electron chi connectivity index (χ2n) is 6.98. The van der Waals surface area contributed by atoms with Gasteiger partial charge in [-0.2, -0.15) is 9.97 Å². The van der Waals surface area contributed by atoms with E-state index in [0.717, 1.165) is 48.7 Å². The van der Waals surface area contributed by atoms with E-state index >= 15 is 0 Å². The molecule has 9 heteroatoms. The zero-order valence-electron chi connectivity index (χ0n) is 15.0. The van der Waals surface area contributed by atoms with Crippen LogP contribution in [0.5, 0.6) is 0 Å². The van der Waals surface area contributed by atoms with Gasteiger partial charge in [-0.25, -0.2) is 13.6 Å². The molecule has 0 aliphatic carbocycles. The predicted octanol–water partition coefficient (Wildman–Crippen LogP) is 2.59. The molecule has 27 heavy (non-hydrogen) atoms. The topological polar surface area (TPSA) is 117 Å². The number of primary sulfonamides is 1. The number of fused-ring (bicyclic) bond motifs is 1. The second-order valence-corrected chi connectivity index (χ2v) is 8.54. The molecule has 2 aromatic heterocycles. The molecule has 0 radical (unpaired) electrons. The van der Waals surface area contributed by atoms with Crippen LogP contribution in [0, 0.1) is 5.92 Å². The summed E-state index contributed by atoms with van der Waals surface area (Å²) in [5, 5.41) is 9.29. The third-order valence-electron chi connectivity index (χ3n) is 4.90. The maximum atomic E-state index is 11.6. The van der Waals surface area contributed by atoms with Gasteiger partial charge in [0, 0.05) is 25.0 Å². The summed E-state index contributed by atoms with van der Waals surface area (Å²) in [6.07, 6.45) is 4.12. The molecule has 8 nitrogen and oxygen atoms in total. The molecule has 3 heterocycles. The Bertz CT molecular complexity index is 1070. The Morgan fingerprint density at radius 2 is 2.00 bits per heavy atom. The average molecular weight is 386 g/mol. The van der Waals surface area contributed by atoms with Crippen LogP contribution in [0.1, 0.15) is 19.8 Å². The summed E-state index contributed by atoms with van der Waals surface area (Å²) in [6, 6.07) is 8.28. The lowest BCUT2D eigenvalue weighted by molar-refractivity contribution is 0.437. The fraction of sp³-hybridized carbons (Fsp3) is 0.333. The van der Waals surface area contributed by atoms with Gasteiger partial charge in [-0.05, 0) is 43.0 Å². The summed E-state index contributed by atoms with van der Waals surface area (Å²) in [4.78, 5) is 14.7. The predicted molar refractivity (Wildman–Crippen MR) is 106 cm³/mol. The van der Waals surface area contributed by atoms with E-state index in [1.807, 2.05) is 12.3 Å². The van der Waals surface area contributed by atoms with Crippen molar-refractivity contribution in [2.75, 3.05) is 23.3 Å². The Morgan fingerprint density at radius 3 is 2.74 bits per heavy atom. The summed E-state index contributed by atoms with van der Waals surface area (Å²) >= 11 is 0. The van der Waals surface area contributed by atoms with Crippen molar-refractivity contribution in [1.82, 2.24) is 15.0 Å². The minimum atomic E-state index is -3.77. The van der Waals surface area contributed by atoms with Crippen LogP contribution in [-0.2, 0) is 10.0 Å². The van der Waals surface area contributed by atoms with E-state index in [4.69, 9.17) is 10.1 Å². The Kier molecular flexibility index (Phi) is 4.48. The number of benzene rings is 1. The lowest BCUT2D eigenvalue weighted by Gasteiger charge is -2.31. The van der Waals surface area contributed by atoms with Crippen molar-refractivity contribution in [3.63, 3.8) is 0 Å². The highest BCUT2D eigenvalue weighted by Crippen LogP contribution is 2.29. The van der Waals surface area contributed by atoms with E-state index in [1.54, 1.807) is 12.1 Å². The number of rotatable bonds is 4. The van der Waals surface area contributed by atoms with Gasteiger partial charge in [0.2, 0.25) is 16.0 Å². The monoisotopic (exact) mass is 386 g/mol. The first-order valence-corrected chi connectivity index (χ1v) is 10.4. The number of H-pyrrole nitrogens is 1. The largest absolute Gasteiger partial charge is 0.356 e. The molecule has 4 rings (SSSR count). The molecular weight excluding hydrogens is 364 g/mol. The van der Waals surface area contributed by atoms with Crippen LogP contribution < -0.4 is 15.4 Å². The van der Waals surface area contributed by atoms with E-state index in [-0.39, 0.29) is 4.90 Å². The van der Waals surface area contributed by atoms with Crippen LogP contribution in [0.15, 0.2) is 41.4 Å². The molecule has 0 amide bonds. The van der Waals surface area contributed by atoms with E-state index < -0.39 is 10.0 Å². The van der Waals surface area contributed by atoms with Crippen molar-refractivity contribution in [2.45, 2.75) is 24.7 Å². The smallest absolute Gasteiger partial charge is 0.238 e. The Hall–Kier alpha value is -2.65. The minimum Gasteiger partial charge on any atom is -0.356 e. The van der Waals surface area contributed by atoms with Gasteiger partial charge in [0.05, 0.1) is 10.3 Å². The van der Waals surface area contributed by atoms with E-state index in [9.17, 15) is 8.42 Å². The van der Waals surface area contributed by atoms with Gasteiger partial charge in [0.25, 0.3) is 0 Å². The van der Waals surface area contributed by atoms with Gasteiger partial charge in [-0.15, -0.1) is 0 Å². The Balaban J connectivity index is 1.69. The van der Waals surface area contributed by atoms with Crippen LogP contribution in [0.2, 0.25) is 0 Å². The van der Waals surface area contributed by atoms with Gasteiger partial charge in [-0.1, -0.05) is 13.0 Å². The summed E-state index contributed by atoms with van der Waals surface area (Å²) in [5.74, 6) is 2.02. The highest BCUT2D eigenvalue weighted by atomic mass is 32.2. The zero-order chi connectivity index (χ0) is 19.0. The third kappa shape index (κ3) is 3.74. The molecule has 4 N–H and O–H groups in total. The molecule has 0 unspecified atom stereocenters. The Labute approximate surface area is 157 Å². The van der Waals surface area contributed by atoms with Crippen molar-refractivity contribution in [3.8, 4) is 0 Å². The highest BCUT2D eigenvalue weighted by molar-refractivity contribution is 7.89. The van der Waals surface area contributed by atoms with Gasteiger partial charge < -0.3 is 15.2 Å². The molecule has 1 aliphatic rings. The average Bonchev–Trinajstić information content (AvgIpc) is 3.10. The summed E-state index contributed by atoms with van der Waals surface area (Å²) in [6.45, 7) is 4.19. The number of aromatic nitrogens is 3. The highest BCUT2D eigenvalue weighted by Gasteiger charge is 2.20. The molecule has 0 bridgehead atoms. The molecule has 1 fully saturated rings. The first-order chi connectivity index (χ1) is 12.9. The van der Waals surface area contributed by atoms with Crippen LogP contribution in [0.25, 0.3) is 11.0 Å². The summed E-state index contributed by atoms with van der Waals surface area (Å²) in [5.41, 5.74) is 1.30. The van der Waals surface area contributed by atoms with E-state index in [2.05, 4.69) is 27.1 Å². The maximum absolute atomic E-state index is 11.6. The maximum Gasteiger partial charge on any atom is 0.238 e. The van der Waals surface area contributed by atoms with Crippen LogP contribution in [-0.4, -0.2) is 36.5 Å². The number of hydrogen-bond donors (Lipinski definition) is 3.